The quantitative estimate of drug-likeness (QED) is 0.602. The Morgan fingerprint density at radius 2 is 1.65 bits per heavy atom. The first-order chi connectivity index (χ1) is 8.13. The van der Waals surface area contributed by atoms with Crippen LogP contribution in [0.25, 0.3) is 0 Å². The zero-order valence-corrected chi connectivity index (χ0v) is 10.9. The van der Waals surface area contributed by atoms with Gasteiger partial charge in [-0.15, -0.1) is 11.8 Å². The van der Waals surface area contributed by atoms with E-state index in [2.05, 4.69) is 10.6 Å². The lowest BCUT2D eigenvalue weighted by Crippen LogP contribution is -2.62. The van der Waals surface area contributed by atoms with E-state index in [1.165, 1.54) is 0 Å². The number of nitrogens with one attached hydrogen (secondary N) is 2. The average molecular weight is 262 g/mol. The van der Waals surface area contributed by atoms with Crippen LogP contribution in [0.3, 0.4) is 0 Å². The Labute approximate surface area is 106 Å². The molecule has 6 N–H and O–H groups in total. The minimum Gasteiger partial charge on any atom is -0.316 e. The molecule has 0 aromatic rings. The fourth-order valence-electron chi connectivity index (χ4n) is 2.46. The first-order valence-corrected chi connectivity index (χ1v) is 7.47. The number of hydrogen-bond acceptors (Lipinski definition) is 5. The monoisotopic (exact) mass is 262 g/mol. The molecule has 1 saturated heterocycles. The summed E-state index contributed by atoms with van der Waals surface area (Å²) in [6.07, 6.45) is 3.63. The number of halogens is 1. The van der Waals surface area contributed by atoms with Crippen molar-refractivity contribution in [1.29, 1.82) is 0 Å². The maximum absolute atomic E-state index is 13.0. The summed E-state index contributed by atoms with van der Waals surface area (Å²) in [5, 5.41) is 6.54. The highest BCUT2D eigenvalue weighted by Gasteiger charge is 2.25. The molecule has 1 heterocycles. The molecular formula is C11H23FN4S. The molecule has 0 aromatic carbocycles. The van der Waals surface area contributed by atoms with E-state index in [-0.39, 0.29) is 17.8 Å². The fourth-order valence-corrected chi connectivity index (χ4v) is 3.80. The molecule has 4 nitrogen and oxygen atoms in total. The van der Waals surface area contributed by atoms with Gasteiger partial charge in [0.15, 0.2) is 0 Å². The van der Waals surface area contributed by atoms with Gasteiger partial charge in [0, 0.05) is 6.42 Å². The van der Waals surface area contributed by atoms with Gasteiger partial charge in [-0.1, -0.05) is 0 Å². The third-order valence-electron chi connectivity index (χ3n) is 3.51. The average Bonchev–Trinajstić information content (AvgIpc) is 2.27. The van der Waals surface area contributed by atoms with E-state index in [0.717, 1.165) is 37.9 Å². The van der Waals surface area contributed by atoms with E-state index in [1.54, 1.807) is 0 Å². The molecule has 0 bridgehead atoms. The van der Waals surface area contributed by atoms with E-state index < -0.39 is 6.17 Å². The third-order valence-corrected chi connectivity index (χ3v) is 4.78. The van der Waals surface area contributed by atoms with Crippen LogP contribution in [0.2, 0.25) is 0 Å². The molecule has 2 atom stereocenters. The predicted molar refractivity (Wildman–Crippen MR) is 69.9 cm³/mol. The summed E-state index contributed by atoms with van der Waals surface area (Å²) in [6, 6.07) is 0. The second-order valence-electron chi connectivity index (χ2n) is 5.11. The molecule has 1 aliphatic heterocycles. The summed E-state index contributed by atoms with van der Waals surface area (Å²) in [4.78, 5) is 0. The van der Waals surface area contributed by atoms with Gasteiger partial charge in [0.25, 0.3) is 0 Å². The van der Waals surface area contributed by atoms with Gasteiger partial charge in [0.05, 0.1) is 12.3 Å². The van der Waals surface area contributed by atoms with Gasteiger partial charge in [0.1, 0.15) is 11.7 Å². The molecule has 0 radical (unpaired) electrons. The van der Waals surface area contributed by atoms with Gasteiger partial charge >= 0.3 is 0 Å². The van der Waals surface area contributed by atoms with Crippen LogP contribution in [-0.2, 0) is 0 Å². The number of alkyl halides is 1. The Kier molecular flexibility index (Phi) is 5.05. The van der Waals surface area contributed by atoms with Crippen molar-refractivity contribution in [3.05, 3.63) is 0 Å². The molecule has 1 aliphatic carbocycles. The van der Waals surface area contributed by atoms with Crippen LogP contribution >= 0.6 is 11.8 Å². The zero-order valence-electron chi connectivity index (χ0n) is 10.1. The van der Waals surface area contributed by atoms with Crippen molar-refractivity contribution in [3.63, 3.8) is 0 Å². The van der Waals surface area contributed by atoms with Gasteiger partial charge in [0.2, 0.25) is 0 Å². The van der Waals surface area contributed by atoms with E-state index in [0.29, 0.717) is 5.92 Å². The van der Waals surface area contributed by atoms with Crippen LogP contribution in [0, 0.1) is 5.92 Å². The van der Waals surface area contributed by atoms with Crippen LogP contribution in [0.5, 0.6) is 0 Å². The fraction of sp³-hybridized carbons (Fsp3) is 1.00. The normalized spacial score (nSPS) is 43.6. The molecule has 0 aromatic heterocycles. The molecule has 1 saturated carbocycles. The Morgan fingerprint density at radius 3 is 2.24 bits per heavy atom. The van der Waals surface area contributed by atoms with Crippen molar-refractivity contribution in [1.82, 2.24) is 10.6 Å². The second-order valence-corrected chi connectivity index (χ2v) is 6.25. The Morgan fingerprint density at radius 1 is 1.06 bits per heavy atom. The third kappa shape index (κ3) is 4.37. The number of hydrogen-bond donors (Lipinski definition) is 4. The van der Waals surface area contributed by atoms with Crippen molar-refractivity contribution in [2.24, 2.45) is 17.4 Å². The molecule has 2 fully saturated rings. The Bertz CT molecular complexity index is 226. The molecule has 0 spiro atoms. The van der Waals surface area contributed by atoms with Gasteiger partial charge < -0.3 is 11.5 Å². The molecule has 6 heteroatoms. The zero-order chi connectivity index (χ0) is 12.3. The lowest BCUT2D eigenvalue weighted by atomic mass is 9.90. The van der Waals surface area contributed by atoms with Crippen LogP contribution in [0.15, 0.2) is 0 Å². The standard InChI is InChI=1S/C11H23FN4S/c12-8-3-1-7(2-4-8)6-17-11-15-9(13)5-10(14)16-11/h7-11,15-16H,1-6,13-14H2. The largest absolute Gasteiger partial charge is 0.316 e. The van der Waals surface area contributed by atoms with Crippen LogP contribution in [0.4, 0.5) is 4.39 Å². The van der Waals surface area contributed by atoms with E-state index in [4.69, 9.17) is 11.5 Å². The summed E-state index contributed by atoms with van der Waals surface area (Å²) in [6.45, 7) is 0. The maximum Gasteiger partial charge on any atom is 0.108 e. The summed E-state index contributed by atoms with van der Waals surface area (Å²) in [5.41, 5.74) is 11.8. The van der Waals surface area contributed by atoms with Gasteiger partial charge in [-0.3, -0.25) is 10.6 Å². The van der Waals surface area contributed by atoms with E-state index in [1.807, 2.05) is 11.8 Å². The smallest absolute Gasteiger partial charge is 0.108 e. The van der Waals surface area contributed by atoms with Crippen molar-refractivity contribution >= 4 is 11.8 Å². The highest BCUT2D eigenvalue weighted by Crippen LogP contribution is 2.29. The molecule has 2 rings (SSSR count). The van der Waals surface area contributed by atoms with Crippen LogP contribution in [-0.4, -0.2) is 29.8 Å². The molecule has 0 amide bonds. The van der Waals surface area contributed by atoms with Crippen LogP contribution < -0.4 is 22.1 Å². The van der Waals surface area contributed by atoms with E-state index in [9.17, 15) is 4.39 Å². The van der Waals surface area contributed by atoms with Gasteiger partial charge in [-0.25, -0.2) is 4.39 Å². The van der Waals surface area contributed by atoms with Crippen molar-refractivity contribution in [2.75, 3.05) is 5.75 Å². The SMILES string of the molecule is NC1CC(N)NC(SCC2CCC(F)CC2)N1. The second kappa shape index (κ2) is 6.33. The Balaban J connectivity index is 1.67. The topological polar surface area (TPSA) is 76.1 Å². The number of thioether (sulfide) groups is 1. The summed E-state index contributed by atoms with van der Waals surface area (Å²) in [5.74, 6) is 1.70. The van der Waals surface area contributed by atoms with E-state index >= 15 is 0 Å². The first-order valence-electron chi connectivity index (χ1n) is 6.42. The lowest BCUT2D eigenvalue weighted by molar-refractivity contribution is 0.217. The molecule has 17 heavy (non-hydrogen) atoms. The van der Waals surface area contributed by atoms with Crippen molar-refractivity contribution in [2.45, 2.75) is 56.1 Å². The minimum atomic E-state index is -0.566. The Hall–Kier alpha value is 0.120. The van der Waals surface area contributed by atoms with Crippen molar-refractivity contribution in [3.8, 4) is 0 Å². The van der Waals surface area contributed by atoms with Crippen molar-refractivity contribution < 1.29 is 4.39 Å². The molecule has 100 valence electrons. The summed E-state index contributed by atoms with van der Waals surface area (Å²) >= 11 is 1.81. The van der Waals surface area contributed by atoms with Gasteiger partial charge in [-0.2, -0.15) is 0 Å². The highest BCUT2D eigenvalue weighted by atomic mass is 32.2. The summed E-state index contributed by atoms with van der Waals surface area (Å²) < 4.78 is 13.0. The summed E-state index contributed by atoms with van der Waals surface area (Å²) in [7, 11) is 0. The molecule has 2 unspecified atom stereocenters. The lowest BCUT2D eigenvalue weighted by Gasteiger charge is -2.34. The first kappa shape index (κ1) is 13.5. The van der Waals surface area contributed by atoms with Crippen LogP contribution in [0.1, 0.15) is 32.1 Å². The maximum atomic E-state index is 13.0. The predicted octanol–water partition coefficient (Wildman–Crippen LogP) is 0.684. The molecular weight excluding hydrogens is 239 g/mol. The number of rotatable bonds is 3. The highest BCUT2D eigenvalue weighted by molar-refractivity contribution is 7.99. The minimum absolute atomic E-state index is 0.0228. The van der Waals surface area contributed by atoms with Gasteiger partial charge in [-0.05, 0) is 37.4 Å². The number of nitrogens with two attached hydrogens (primary N) is 2. The molecule has 2 aliphatic rings.